The molecule has 0 amide bonds. The molecule has 0 saturated heterocycles. The molecule has 5 heteroatoms. The zero-order chi connectivity index (χ0) is 12.5. The molecule has 1 N–H and O–H groups in total. The Morgan fingerprint density at radius 1 is 1.11 bits per heavy atom. The Labute approximate surface area is 117 Å². The minimum absolute atomic E-state index is 0.298. The van der Waals surface area contributed by atoms with E-state index in [1.54, 1.807) is 17.8 Å². The third-order valence-electron chi connectivity index (χ3n) is 2.51. The third-order valence-corrected chi connectivity index (χ3v) is 4.85. The van der Waals surface area contributed by atoms with E-state index in [2.05, 4.69) is 4.98 Å². The van der Waals surface area contributed by atoms with Gasteiger partial charge in [-0.05, 0) is 17.5 Å². The van der Waals surface area contributed by atoms with Gasteiger partial charge in [-0.15, -0.1) is 11.3 Å². The van der Waals surface area contributed by atoms with E-state index in [1.165, 1.54) is 11.3 Å². The lowest BCUT2D eigenvalue weighted by Gasteiger charge is -2.05. The number of benzene rings is 2. The number of fused-ring (bicyclic) bond motifs is 1. The highest BCUT2D eigenvalue weighted by molar-refractivity contribution is 8.01. The van der Waals surface area contributed by atoms with Crippen LogP contribution in [0, 0.1) is 0 Å². The van der Waals surface area contributed by atoms with Gasteiger partial charge in [0.1, 0.15) is 10.9 Å². The number of hydrogen-bond acceptors (Lipinski definition) is 4. The molecule has 1 heterocycles. The molecule has 0 radical (unpaired) electrons. The van der Waals surface area contributed by atoms with Gasteiger partial charge in [0.25, 0.3) is 0 Å². The fourth-order valence-corrected chi connectivity index (χ4v) is 3.81. The maximum atomic E-state index is 9.82. The van der Waals surface area contributed by atoms with E-state index >= 15 is 0 Å². The van der Waals surface area contributed by atoms with Crippen molar-refractivity contribution in [3.8, 4) is 5.75 Å². The van der Waals surface area contributed by atoms with Crippen molar-refractivity contribution in [2.45, 2.75) is 9.24 Å². The molecule has 0 unspecified atom stereocenters. The van der Waals surface area contributed by atoms with Crippen molar-refractivity contribution in [3.05, 3.63) is 46.9 Å². The van der Waals surface area contributed by atoms with Gasteiger partial charge in [0.2, 0.25) is 0 Å². The van der Waals surface area contributed by atoms with Gasteiger partial charge >= 0.3 is 0 Å². The zero-order valence-corrected chi connectivity index (χ0v) is 11.5. The lowest BCUT2D eigenvalue weighted by Crippen LogP contribution is -1.79. The average molecular weight is 294 g/mol. The highest BCUT2D eigenvalue weighted by Crippen LogP contribution is 2.38. The second-order valence-electron chi connectivity index (χ2n) is 3.67. The second-order valence-corrected chi connectivity index (χ2v) is 6.20. The van der Waals surface area contributed by atoms with Crippen molar-refractivity contribution in [2.75, 3.05) is 0 Å². The maximum Gasteiger partial charge on any atom is 0.156 e. The zero-order valence-electron chi connectivity index (χ0n) is 9.13. The Kier molecular flexibility index (Phi) is 3.16. The number of thiazole rings is 1. The molecule has 0 aliphatic heterocycles. The first-order valence-electron chi connectivity index (χ1n) is 5.23. The highest BCUT2D eigenvalue weighted by atomic mass is 35.5. The number of aromatic hydroxyl groups is 1. The maximum absolute atomic E-state index is 9.82. The average Bonchev–Trinajstić information content (AvgIpc) is 2.79. The number of phenols is 1. The predicted octanol–water partition coefficient (Wildman–Crippen LogP) is 4.81. The molecule has 18 heavy (non-hydrogen) atoms. The van der Waals surface area contributed by atoms with E-state index in [1.807, 2.05) is 35.7 Å². The van der Waals surface area contributed by atoms with E-state index in [4.69, 9.17) is 11.6 Å². The monoisotopic (exact) mass is 293 g/mol. The topological polar surface area (TPSA) is 33.1 Å². The molecule has 2 aromatic carbocycles. The Hall–Kier alpha value is -1.23. The van der Waals surface area contributed by atoms with E-state index in [0.717, 1.165) is 20.0 Å². The summed E-state index contributed by atoms with van der Waals surface area (Å²) >= 11 is 8.89. The molecule has 3 aromatic rings. The van der Waals surface area contributed by atoms with Crippen LogP contribution in [0.2, 0.25) is 5.15 Å². The lowest BCUT2D eigenvalue weighted by atomic mass is 10.1. The summed E-state index contributed by atoms with van der Waals surface area (Å²) < 4.78 is 0.899. The third kappa shape index (κ3) is 2.19. The largest absolute Gasteiger partial charge is 0.507 e. The quantitative estimate of drug-likeness (QED) is 0.736. The SMILES string of the molecule is Oc1ccc(Sc2nc(Cl)cs2)c2ccccc12. The van der Waals surface area contributed by atoms with Crippen molar-refractivity contribution in [2.24, 2.45) is 0 Å². The molecule has 0 saturated carbocycles. The summed E-state index contributed by atoms with van der Waals surface area (Å²) in [5.41, 5.74) is 0. The fraction of sp³-hybridized carbons (Fsp3) is 0. The minimum Gasteiger partial charge on any atom is -0.507 e. The second kappa shape index (κ2) is 4.80. The van der Waals surface area contributed by atoms with Crippen molar-refractivity contribution >= 4 is 45.5 Å². The van der Waals surface area contributed by atoms with Gasteiger partial charge in [-0.2, -0.15) is 0 Å². The molecule has 3 rings (SSSR count). The van der Waals surface area contributed by atoms with Crippen LogP contribution in [0.5, 0.6) is 5.75 Å². The van der Waals surface area contributed by atoms with Gasteiger partial charge in [-0.25, -0.2) is 4.98 Å². The lowest BCUT2D eigenvalue weighted by molar-refractivity contribution is 0.481. The summed E-state index contributed by atoms with van der Waals surface area (Å²) in [5, 5.41) is 14.0. The molecule has 0 spiro atoms. The number of nitrogens with zero attached hydrogens (tertiary/aromatic N) is 1. The van der Waals surface area contributed by atoms with Gasteiger partial charge in [0, 0.05) is 15.7 Å². The molecule has 0 atom stereocenters. The number of rotatable bonds is 2. The van der Waals surface area contributed by atoms with Crippen molar-refractivity contribution < 1.29 is 5.11 Å². The van der Waals surface area contributed by atoms with E-state index in [-0.39, 0.29) is 0 Å². The smallest absolute Gasteiger partial charge is 0.156 e. The minimum atomic E-state index is 0.298. The first-order valence-corrected chi connectivity index (χ1v) is 7.31. The van der Waals surface area contributed by atoms with Gasteiger partial charge < -0.3 is 5.11 Å². The molecule has 0 bridgehead atoms. The summed E-state index contributed by atoms with van der Waals surface area (Å²) in [6.45, 7) is 0. The van der Waals surface area contributed by atoms with Crippen LogP contribution in [-0.4, -0.2) is 10.1 Å². The highest BCUT2D eigenvalue weighted by Gasteiger charge is 2.08. The van der Waals surface area contributed by atoms with Crippen LogP contribution in [0.4, 0.5) is 0 Å². The van der Waals surface area contributed by atoms with Gasteiger partial charge in [0.15, 0.2) is 4.34 Å². The van der Waals surface area contributed by atoms with Gasteiger partial charge in [-0.1, -0.05) is 47.6 Å². The van der Waals surface area contributed by atoms with Crippen LogP contribution >= 0.6 is 34.7 Å². The van der Waals surface area contributed by atoms with E-state index < -0.39 is 0 Å². The molecular formula is C13H8ClNOS2. The fourth-order valence-electron chi connectivity index (χ4n) is 1.72. The Morgan fingerprint density at radius 2 is 1.89 bits per heavy atom. The first-order chi connectivity index (χ1) is 8.74. The van der Waals surface area contributed by atoms with Crippen molar-refractivity contribution in [1.82, 2.24) is 4.98 Å². The Bertz CT molecular complexity index is 711. The molecule has 0 fully saturated rings. The normalized spacial score (nSPS) is 10.9. The number of phenolic OH excluding ortho intramolecular Hbond substituents is 1. The summed E-state index contributed by atoms with van der Waals surface area (Å²) in [4.78, 5) is 5.28. The molecule has 0 aliphatic rings. The molecule has 1 aromatic heterocycles. The van der Waals surface area contributed by atoms with Crippen molar-refractivity contribution in [3.63, 3.8) is 0 Å². The standard InChI is InChI=1S/C13H8ClNOS2/c14-12-7-17-13(15-12)18-11-6-5-10(16)8-3-1-2-4-9(8)11/h1-7,16H. The molecule has 90 valence electrons. The van der Waals surface area contributed by atoms with E-state index in [9.17, 15) is 5.11 Å². The molecule has 2 nitrogen and oxygen atoms in total. The van der Waals surface area contributed by atoms with Crippen LogP contribution < -0.4 is 0 Å². The van der Waals surface area contributed by atoms with Crippen LogP contribution in [-0.2, 0) is 0 Å². The van der Waals surface area contributed by atoms with Crippen LogP contribution in [0.1, 0.15) is 0 Å². The van der Waals surface area contributed by atoms with Crippen LogP contribution in [0.15, 0.2) is 51.0 Å². The molecule has 0 aliphatic carbocycles. The van der Waals surface area contributed by atoms with Crippen LogP contribution in [0.25, 0.3) is 10.8 Å². The summed E-state index contributed by atoms with van der Waals surface area (Å²) in [7, 11) is 0. The molecular weight excluding hydrogens is 286 g/mol. The van der Waals surface area contributed by atoms with Crippen LogP contribution in [0.3, 0.4) is 0 Å². The Morgan fingerprint density at radius 3 is 2.61 bits per heavy atom. The van der Waals surface area contributed by atoms with Gasteiger partial charge in [-0.3, -0.25) is 0 Å². The number of hydrogen-bond donors (Lipinski definition) is 1. The summed E-state index contributed by atoms with van der Waals surface area (Å²) in [6.07, 6.45) is 0. The summed E-state index contributed by atoms with van der Waals surface area (Å²) in [6, 6.07) is 11.4. The van der Waals surface area contributed by atoms with Crippen molar-refractivity contribution in [1.29, 1.82) is 0 Å². The number of aromatic nitrogens is 1. The van der Waals surface area contributed by atoms with E-state index in [0.29, 0.717) is 10.9 Å². The number of halogens is 1. The van der Waals surface area contributed by atoms with Gasteiger partial charge in [0.05, 0.1) is 0 Å². The Balaban J connectivity index is 2.09. The predicted molar refractivity (Wildman–Crippen MR) is 76.9 cm³/mol. The summed E-state index contributed by atoms with van der Waals surface area (Å²) in [5.74, 6) is 0.298. The first kappa shape index (κ1) is 11.8.